The maximum absolute atomic E-state index is 13.0. The molecule has 0 unspecified atom stereocenters. The van der Waals surface area contributed by atoms with Gasteiger partial charge in [0.05, 0.1) is 17.6 Å². The Labute approximate surface area is 166 Å². The Morgan fingerprint density at radius 1 is 0.862 bits per heavy atom. The number of rotatable bonds is 7. The first kappa shape index (κ1) is 19.8. The summed E-state index contributed by atoms with van der Waals surface area (Å²) in [5, 5.41) is 10.9. The fraction of sp³-hybridized carbons (Fsp3) is 0.0909. The van der Waals surface area contributed by atoms with Crippen LogP contribution < -0.4 is 4.74 Å². The number of ether oxygens (including phenoxy) is 2. The van der Waals surface area contributed by atoms with Gasteiger partial charge in [-0.1, -0.05) is 30.3 Å². The zero-order valence-electron chi connectivity index (χ0n) is 15.5. The third-order valence-corrected chi connectivity index (χ3v) is 4.25. The second kappa shape index (κ2) is 8.79. The lowest BCUT2D eigenvalue weighted by molar-refractivity contribution is -0.384. The van der Waals surface area contributed by atoms with Gasteiger partial charge in [0, 0.05) is 23.3 Å². The molecule has 0 spiro atoms. The van der Waals surface area contributed by atoms with Crippen LogP contribution in [0.4, 0.5) is 5.69 Å². The van der Waals surface area contributed by atoms with Gasteiger partial charge in [-0.3, -0.25) is 14.9 Å². The van der Waals surface area contributed by atoms with Crippen molar-refractivity contribution in [1.29, 1.82) is 0 Å². The van der Waals surface area contributed by atoms with E-state index in [1.165, 1.54) is 43.5 Å². The number of nitrogens with zero attached hydrogens (tertiary/aromatic N) is 1. The SMILES string of the molecule is COc1ccc(C(=O)O[C@@H](C(=O)c2ccccc2)c2ccc([N+](=O)[O-])cc2)cc1. The number of hydrogen-bond acceptors (Lipinski definition) is 6. The summed E-state index contributed by atoms with van der Waals surface area (Å²) in [7, 11) is 1.51. The summed E-state index contributed by atoms with van der Waals surface area (Å²) >= 11 is 0. The third-order valence-electron chi connectivity index (χ3n) is 4.25. The van der Waals surface area contributed by atoms with Gasteiger partial charge < -0.3 is 9.47 Å². The van der Waals surface area contributed by atoms with Gasteiger partial charge >= 0.3 is 5.97 Å². The molecule has 7 nitrogen and oxygen atoms in total. The second-order valence-electron chi connectivity index (χ2n) is 6.09. The standard InChI is InChI=1S/C22H17NO6/c1-28-19-13-9-17(10-14-19)22(25)29-21(20(24)15-5-3-2-4-6-15)16-7-11-18(12-8-16)23(26)27/h2-14,21H,1H3/t21-/m1/s1. The molecule has 0 aliphatic carbocycles. The van der Waals surface area contributed by atoms with Crippen LogP contribution in [0.3, 0.4) is 0 Å². The molecule has 0 aromatic heterocycles. The highest BCUT2D eigenvalue weighted by Crippen LogP contribution is 2.26. The predicted octanol–water partition coefficient (Wildman–Crippen LogP) is 4.38. The van der Waals surface area contributed by atoms with Gasteiger partial charge in [-0.15, -0.1) is 0 Å². The summed E-state index contributed by atoms with van der Waals surface area (Å²) in [6.07, 6.45) is -1.24. The summed E-state index contributed by atoms with van der Waals surface area (Å²) in [5.74, 6) is -0.546. The molecule has 0 saturated heterocycles. The van der Waals surface area contributed by atoms with Crippen molar-refractivity contribution >= 4 is 17.4 Å². The molecule has 0 fully saturated rings. The van der Waals surface area contributed by atoms with E-state index in [1.54, 1.807) is 42.5 Å². The van der Waals surface area contributed by atoms with E-state index in [-0.39, 0.29) is 11.3 Å². The van der Waals surface area contributed by atoms with Crippen LogP contribution in [-0.2, 0) is 4.74 Å². The number of esters is 1. The molecule has 146 valence electrons. The van der Waals surface area contributed by atoms with Crippen LogP contribution in [0.2, 0.25) is 0 Å². The van der Waals surface area contributed by atoms with Crippen LogP contribution in [0.25, 0.3) is 0 Å². The Morgan fingerprint density at radius 3 is 2.03 bits per heavy atom. The normalized spacial score (nSPS) is 11.3. The first-order valence-electron chi connectivity index (χ1n) is 8.68. The number of hydrogen-bond donors (Lipinski definition) is 0. The summed E-state index contributed by atoms with van der Waals surface area (Å²) in [6, 6.07) is 20.0. The molecular formula is C22H17NO6. The number of nitro benzene ring substituents is 1. The van der Waals surface area contributed by atoms with Gasteiger partial charge in [0.2, 0.25) is 5.78 Å². The predicted molar refractivity (Wildman–Crippen MR) is 105 cm³/mol. The van der Waals surface area contributed by atoms with E-state index in [0.717, 1.165) is 0 Å². The minimum absolute atomic E-state index is 0.124. The topological polar surface area (TPSA) is 95.7 Å². The minimum Gasteiger partial charge on any atom is -0.497 e. The van der Waals surface area contributed by atoms with E-state index in [2.05, 4.69) is 0 Å². The largest absolute Gasteiger partial charge is 0.497 e. The van der Waals surface area contributed by atoms with Crippen molar-refractivity contribution in [3.05, 3.63) is 106 Å². The molecule has 0 N–H and O–H groups in total. The van der Waals surface area contributed by atoms with E-state index in [9.17, 15) is 19.7 Å². The van der Waals surface area contributed by atoms with Crippen molar-refractivity contribution in [2.24, 2.45) is 0 Å². The molecule has 0 radical (unpaired) electrons. The molecule has 0 aliphatic rings. The Morgan fingerprint density at radius 2 is 1.48 bits per heavy atom. The highest BCUT2D eigenvalue weighted by molar-refractivity contribution is 6.02. The van der Waals surface area contributed by atoms with E-state index < -0.39 is 22.8 Å². The maximum Gasteiger partial charge on any atom is 0.339 e. The smallest absolute Gasteiger partial charge is 0.339 e. The summed E-state index contributed by atoms with van der Waals surface area (Å²) in [4.78, 5) is 36.0. The quantitative estimate of drug-likeness (QED) is 0.257. The van der Waals surface area contributed by atoms with Crippen molar-refractivity contribution in [3.8, 4) is 5.75 Å². The number of Topliss-reactive ketones (excluding diaryl/α,β-unsaturated/α-hetero) is 1. The van der Waals surface area contributed by atoms with Crippen molar-refractivity contribution in [3.63, 3.8) is 0 Å². The molecule has 0 aliphatic heterocycles. The van der Waals surface area contributed by atoms with Gasteiger partial charge in [0.25, 0.3) is 5.69 Å². The van der Waals surface area contributed by atoms with Gasteiger partial charge in [0.1, 0.15) is 5.75 Å². The number of nitro groups is 1. The van der Waals surface area contributed by atoms with E-state index >= 15 is 0 Å². The second-order valence-corrected chi connectivity index (χ2v) is 6.09. The number of benzene rings is 3. The third kappa shape index (κ3) is 4.65. The number of carbonyl (C=O) groups is 2. The molecule has 0 saturated carbocycles. The van der Waals surface area contributed by atoms with Crippen molar-refractivity contribution in [2.75, 3.05) is 7.11 Å². The summed E-state index contributed by atoms with van der Waals surface area (Å²) in [5.41, 5.74) is 0.824. The molecule has 1 atom stereocenters. The highest BCUT2D eigenvalue weighted by atomic mass is 16.6. The zero-order valence-corrected chi connectivity index (χ0v) is 15.5. The van der Waals surface area contributed by atoms with Crippen LogP contribution in [0.1, 0.15) is 32.4 Å². The monoisotopic (exact) mass is 391 g/mol. The summed E-state index contributed by atoms with van der Waals surface area (Å²) < 4.78 is 10.6. The fourth-order valence-corrected chi connectivity index (χ4v) is 2.70. The molecule has 3 aromatic rings. The fourth-order valence-electron chi connectivity index (χ4n) is 2.70. The Hall–Kier alpha value is -4.00. The van der Waals surface area contributed by atoms with Crippen LogP contribution >= 0.6 is 0 Å². The van der Waals surface area contributed by atoms with Crippen LogP contribution in [0.15, 0.2) is 78.9 Å². The van der Waals surface area contributed by atoms with Gasteiger partial charge in [-0.05, 0) is 36.4 Å². The maximum atomic E-state index is 13.0. The average molecular weight is 391 g/mol. The van der Waals surface area contributed by atoms with Crippen molar-refractivity contribution in [1.82, 2.24) is 0 Å². The minimum atomic E-state index is -1.24. The lowest BCUT2D eigenvalue weighted by Gasteiger charge is -2.17. The first-order chi connectivity index (χ1) is 14.0. The van der Waals surface area contributed by atoms with Crippen LogP contribution in [0.5, 0.6) is 5.75 Å². The summed E-state index contributed by atoms with van der Waals surface area (Å²) in [6.45, 7) is 0. The van der Waals surface area contributed by atoms with E-state index in [1.807, 2.05) is 0 Å². The zero-order chi connectivity index (χ0) is 20.8. The number of methoxy groups -OCH3 is 1. The number of non-ortho nitro benzene ring substituents is 1. The molecule has 0 bridgehead atoms. The Bertz CT molecular complexity index is 1010. The average Bonchev–Trinajstić information content (AvgIpc) is 2.77. The van der Waals surface area contributed by atoms with Crippen LogP contribution in [0, 0.1) is 10.1 Å². The van der Waals surface area contributed by atoms with E-state index in [4.69, 9.17) is 9.47 Å². The molecule has 0 heterocycles. The molecular weight excluding hydrogens is 374 g/mol. The molecule has 29 heavy (non-hydrogen) atoms. The highest BCUT2D eigenvalue weighted by Gasteiger charge is 2.27. The van der Waals surface area contributed by atoms with Crippen molar-refractivity contribution < 1.29 is 24.0 Å². The molecule has 7 heteroatoms. The van der Waals surface area contributed by atoms with Gasteiger partial charge in [-0.25, -0.2) is 4.79 Å². The van der Waals surface area contributed by atoms with E-state index in [0.29, 0.717) is 16.9 Å². The van der Waals surface area contributed by atoms with Gasteiger partial charge in [-0.2, -0.15) is 0 Å². The first-order valence-corrected chi connectivity index (χ1v) is 8.68. The molecule has 0 amide bonds. The number of ketones is 1. The Kier molecular flexibility index (Phi) is 5.99. The Balaban J connectivity index is 1.92. The lowest BCUT2D eigenvalue weighted by atomic mass is 9.99. The molecule has 3 rings (SSSR count). The lowest BCUT2D eigenvalue weighted by Crippen LogP contribution is -2.20. The molecule has 3 aromatic carbocycles. The number of carbonyl (C=O) groups excluding carboxylic acids is 2. The van der Waals surface area contributed by atoms with Crippen molar-refractivity contribution in [2.45, 2.75) is 6.10 Å². The van der Waals surface area contributed by atoms with Gasteiger partial charge in [0.15, 0.2) is 6.10 Å². The van der Waals surface area contributed by atoms with Crippen LogP contribution in [-0.4, -0.2) is 23.8 Å².